The molecule has 12 heavy (non-hydrogen) atoms. The van der Waals surface area contributed by atoms with Gasteiger partial charge < -0.3 is 0 Å². The lowest BCUT2D eigenvalue weighted by Gasteiger charge is -2.41. The van der Waals surface area contributed by atoms with Gasteiger partial charge in [0.05, 0.1) is 0 Å². The quantitative estimate of drug-likeness (QED) is 0.534. The Labute approximate surface area is 72.8 Å². The predicted molar refractivity (Wildman–Crippen MR) is 46.7 cm³/mol. The van der Waals surface area contributed by atoms with Gasteiger partial charge in [0, 0.05) is 5.92 Å². The largest absolute Gasteiger partial charge is 0.294 e. The van der Waals surface area contributed by atoms with Gasteiger partial charge in [0.1, 0.15) is 0 Å². The van der Waals surface area contributed by atoms with Crippen molar-refractivity contribution in [2.24, 2.45) is 11.8 Å². The fourth-order valence-electron chi connectivity index (χ4n) is 3.28. The van der Waals surface area contributed by atoms with Crippen LogP contribution in [-0.4, -0.2) is 5.78 Å². The highest BCUT2D eigenvalue weighted by atomic mass is 16.1. The summed E-state index contributed by atoms with van der Waals surface area (Å²) in [4.78, 5) is 11.7. The number of ketones is 1. The van der Waals surface area contributed by atoms with E-state index in [1.165, 1.54) is 31.3 Å². The maximum absolute atomic E-state index is 11.7. The van der Waals surface area contributed by atoms with Gasteiger partial charge in [-0.25, -0.2) is 0 Å². The van der Waals surface area contributed by atoms with E-state index in [0.717, 1.165) is 18.8 Å². The average Bonchev–Trinajstić information content (AvgIpc) is 2.13. The number of carbonyl (C=O) groups is 1. The molecule has 4 rings (SSSR count). The van der Waals surface area contributed by atoms with Crippen LogP contribution < -0.4 is 0 Å². The topological polar surface area (TPSA) is 17.1 Å². The molecule has 64 valence electrons. The van der Waals surface area contributed by atoms with Gasteiger partial charge in [0.2, 0.25) is 0 Å². The van der Waals surface area contributed by atoms with Crippen LogP contribution in [0.1, 0.15) is 38.5 Å². The Morgan fingerprint density at radius 3 is 2.83 bits per heavy atom. The van der Waals surface area contributed by atoms with E-state index in [0.29, 0.717) is 11.7 Å². The summed E-state index contributed by atoms with van der Waals surface area (Å²) in [5.74, 6) is 1.78. The first kappa shape index (κ1) is 6.88. The van der Waals surface area contributed by atoms with Gasteiger partial charge in [0.15, 0.2) is 5.78 Å². The molecule has 1 nitrogen and oxygen atoms in total. The summed E-state index contributed by atoms with van der Waals surface area (Å²) in [5, 5.41) is 0. The normalized spacial score (nSPS) is 39.2. The van der Waals surface area contributed by atoms with Crippen LogP contribution in [0.15, 0.2) is 11.1 Å². The highest BCUT2D eigenvalue weighted by Gasteiger charge is 2.41. The molecule has 0 saturated heterocycles. The molecule has 0 aromatic heterocycles. The van der Waals surface area contributed by atoms with Crippen molar-refractivity contribution in [1.82, 2.24) is 0 Å². The fourth-order valence-corrected chi connectivity index (χ4v) is 3.28. The molecule has 4 bridgehead atoms. The molecular formula is C11H14O. The van der Waals surface area contributed by atoms with E-state index >= 15 is 0 Å². The van der Waals surface area contributed by atoms with Crippen LogP contribution >= 0.6 is 0 Å². The first-order valence-electron chi connectivity index (χ1n) is 5.12. The van der Waals surface area contributed by atoms with E-state index < -0.39 is 0 Å². The Morgan fingerprint density at radius 2 is 2.00 bits per heavy atom. The van der Waals surface area contributed by atoms with Crippen molar-refractivity contribution in [3.63, 3.8) is 0 Å². The van der Waals surface area contributed by atoms with Crippen molar-refractivity contribution in [1.29, 1.82) is 0 Å². The van der Waals surface area contributed by atoms with Crippen molar-refractivity contribution in [2.45, 2.75) is 38.5 Å². The number of Topliss-reactive ketones (excluding diaryl/α,β-unsaturated/α-hetero) is 1. The summed E-state index contributed by atoms with van der Waals surface area (Å²) in [5.41, 5.74) is 2.82. The number of carbonyl (C=O) groups excluding carboxylic acids is 1. The zero-order valence-corrected chi connectivity index (χ0v) is 7.31. The summed E-state index contributed by atoms with van der Waals surface area (Å²) < 4.78 is 0. The highest BCUT2D eigenvalue weighted by Crippen LogP contribution is 2.48. The van der Waals surface area contributed by atoms with Crippen LogP contribution in [0.2, 0.25) is 0 Å². The monoisotopic (exact) mass is 162 g/mol. The third-order valence-corrected chi connectivity index (χ3v) is 3.86. The Hall–Kier alpha value is -0.590. The van der Waals surface area contributed by atoms with Crippen LogP contribution in [0.3, 0.4) is 0 Å². The van der Waals surface area contributed by atoms with E-state index in [4.69, 9.17) is 0 Å². The molecule has 0 heterocycles. The Bertz CT molecular complexity index is 275. The second kappa shape index (κ2) is 2.21. The molecule has 0 amide bonds. The molecule has 0 aromatic rings. The Kier molecular flexibility index (Phi) is 1.27. The maximum atomic E-state index is 11.7. The maximum Gasteiger partial charge on any atom is 0.161 e. The second-order valence-electron chi connectivity index (χ2n) is 4.43. The minimum atomic E-state index is 0.433. The Morgan fingerprint density at radius 1 is 1.08 bits per heavy atom. The SMILES string of the molecule is O=C1C2=C3CCC1CC3CCC2. The van der Waals surface area contributed by atoms with Crippen molar-refractivity contribution >= 4 is 5.78 Å². The molecule has 0 aromatic carbocycles. The zero-order chi connectivity index (χ0) is 8.13. The van der Waals surface area contributed by atoms with Crippen molar-refractivity contribution < 1.29 is 4.79 Å². The molecular weight excluding hydrogens is 148 g/mol. The minimum Gasteiger partial charge on any atom is -0.294 e. The smallest absolute Gasteiger partial charge is 0.161 e. The predicted octanol–water partition coefficient (Wildman–Crippen LogP) is 2.47. The first-order valence-corrected chi connectivity index (χ1v) is 5.12. The lowest BCUT2D eigenvalue weighted by molar-refractivity contribution is -0.122. The molecule has 4 aliphatic carbocycles. The van der Waals surface area contributed by atoms with Gasteiger partial charge >= 0.3 is 0 Å². The van der Waals surface area contributed by atoms with Crippen LogP contribution in [0, 0.1) is 11.8 Å². The molecule has 1 fully saturated rings. The van der Waals surface area contributed by atoms with E-state index in [1.807, 2.05) is 0 Å². The summed E-state index contributed by atoms with van der Waals surface area (Å²) in [6.45, 7) is 0. The van der Waals surface area contributed by atoms with Crippen LogP contribution in [0.25, 0.3) is 0 Å². The number of hydrogen-bond acceptors (Lipinski definition) is 1. The average molecular weight is 162 g/mol. The van der Waals surface area contributed by atoms with E-state index in [9.17, 15) is 4.79 Å². The third-order valence-electron chi connectivity index (χ3n) is 3.86. The minimum absolute atomic E-state index is 0.433. The fraction of sp³-hybridized carbons (Fsp3) is 0.727. The molecule has 0 aliphatic heterocycles. The van der Waals surface area contributed by atoms with Crippen molar-refractivity contribution in [2.75, 3.05) is 0 Å². The third kappa shape index (κ3) is 0.720. The van der Waals surface area contributed by atoms with Gasteiger partial charge in [0.25, 0.3) is 0 Å². The van der Waals surface area contributed by atoms with Crippen LogP contribution in [0.4, 0.5) is 0 Å². The second-order valence-corrected chi connectivity index (χ2v) is 4.43. The van der Waals surface area contributed by atoms with Gasteiger partial charge in [-0.2, -0.15) is 0 Å². The molecule has 0 spiro atoms. The molecule has 2 atom stereocenters. The number of fused-ring (bicyclic) bond motifs is 1. The van der Waals surface area contributed by atoms with Gasteiger partial charge in [-0.05, 0) is 50.0 Å². The van der Waals surface area contributed by atoms with E-state index in [2.05, 4.69) is 0 Å². The van der Waals surface area contributed by atoms with Crippen LogP contribution in [-0.2, 0) is 4.79 Å². The van der Waals surface area contributed by atoms with Crippen LogP contribution in [0.5, 0.6) is 0 Å². The number of hydrogen-bond donors (Lipinski definition) is 0. The standard InChI is InChI=1S/C11H14O/c12-11-8-4-5-9-7(6-8)2-1-3-10(9)11/h7-8H,1-6H2. The van der Waals surface area contributed by atoms with E-state index in [-0.39, 0.29) is 0 Å². The zero-order valence-electron chi connectivity index (χ0n) is 7.31. The van der Waals surface area contributed by atoms with Crippen molar-refractivity contribution in [3.8, 4) is 0 Å². The lowest BCUT2D eigenvalue weighted by Crippen LogP contribution is -2.35. The summed E-state index contributed by atoms with van der Waals surface area (Å²) in [7, 11) is 0. The molecule has 2 unspecified atom stereocenters. The highest BCUT2D eigenvalue weighted by molar-refractivity contribution is 6.00. The molecule has 4 aliphatic rings. The number of rotatable bonds is 0. The summed E-state index contributed by atoms with van der Waals surface area (Å²) >= 11 is 0. The summed E-state index contributed by atoms with van der Waals surface area (Å²) in [6, 6.07) is 0. The molecule has 1 saturated carbocycles. The molecule has 1 heteroatoms. The molecule has 0 radical (unpaired) electrons. The van der Waals surface area contributed by atoms with Gasteiger partial charge in [-0.1, -0.05) is 5.57 Å². The first-order chi connectivity index (χ1) is 5.86. The van der Waals surface area contributed by atoms with Gasteiger partial charge in [-0.15, -0.1) is 0 Å². The van der Waals surface area contributed by atoms with Crippen molar-refractivity contribution in [3.05, 3.63) is 11.1 Å². The number of allylic oxidation sites excluding steroid dienone is 2. The van der Waals surface area contributed by atoms with E-state index in [1.54, 1.807) is 5.57 Å². The summed E-state index contributed by atoms with van der Waals surface area (Å²) in [6.07, 6.45) is 7.33. The molecule has 0 N–H and O–H groups in total. The Balaban J connectivity index is 2.13. The lowest BCUT2D eigenvalue weighted by atomic mass is 9.62. The van der Waals surface area contributed by atoms with Gasteiger partial charge in [-0.3, -0.25) is 4.79 Å².